The van der Waals surface area contributed by atoms with E-state index in [0.29, 0.717) is 0 Å². The first-order valence-electron chi connectivity index (χ1n) is 2.23. The Labute approximate surface area is 46.7 Å². The van der Waals surface area contributed by atoms with E-state index in [1.165, 1.54) is 6.08 Å². The SMILES string of the molecule is NC1=NC(O)C=CN1. The van der Waals surface area contributed by atoms with Crippen LogP contribution in [0.15, 0.2) is 17.3 Å². The highest BCUT2D eigenvalue weighted by Crippen LogP contribution is 1.89. The Morgan fingerprint density at radius 2 is 2.62 bits per heavy atom. The van der Waals surface area contributed by atoms with E-state index >= 15 is 0 Å². The Bertz CT molecular complexity index is 140. The first kappa shape index (κ1) is 5.11. The third-order valence-electron chi connectivity index (χ3n) is 0.771. The number of guanidine groups is 1. The molecule has 1 heterocycles. The summed E-state index contributed by atoms with van der Waals surface area (Å²) in [6.45, 7) is 0. The van der Waals surface area contributed by atoms with Crippen molar-refractivity contribution in [3.05, 3.63) is 12.3 Å². The lowest BCUT2D eigenvalue weighted by Crippen LogP contribution is -2.31. The molecule has 4 heteroatoms. The molecule has 1 rings (SSSR count). The van der Waals surface area contributed by atoms with Crippen LogP contribution in [0.1, 0.15) is 0 Å². The average molecular weight is 113 g/mol. The van der Waals surface area contributed by atoms with Crippen molar-refractivity contribution in [2.45, 2.75) is 6.23 Å². The zero-order valence-electron chi connectivity index (χ0n) is 4.20. The van der Waals surface area contributed by atoms with Crippen LogP contribution < -0.4 is 11.1 Å². The molecule has 0 saturated heterocycles. The summed E-state index contributed by atoms with van der Waals surface area (Å²) in [5, 5.41) is 11.3. The van der Waals surface area contributed by atoms with E-state index in [0.717, 1.165) is 0 Å². The van der Waals surface area contributed by atoms with Crippen LogP contribution in [0.5, 0.6) is 0 Å². The molecular formula is C4H7N3O. The standard InChI is InChI=1S/C4H7N3O/c5-4-6-2-1-3(8)7-4/h1-3,8H,(H3,5,6,7). The van der Waals surface area contributed by atoms with Crippen molar-refractivity contribution in [1.29, 1.82) is 0 Å². The van der Waals surface area contributed by atoms with Gasteiger partial charge in [-0.05, 0) is 6.08 Å². The molecule has 1 aliphatic rings. The maximum absolute atomic E-state index is 8.69. The number of nitrogens with two attached hydrogens (primary N) is 1. The van der Waals surface area contributed by atoms with Crippen LogP contribution in [0.3, 0.4) is 0 Å². The van der Waals surface area contributed by atoms with Crippen molar-refractivity contribution in [2.24, 2.45) is 10.7 Å². The minimum atomic E-state index is -0.767. The van der Waals surface area contributed by atoms with Gasteiger partial charge in [-0.1, -0.05) is 0 Å². The van der Waals surface area contributed by atoms with Gasteiger partial charge in [-0.2, -0.15) is 0 Å². The lowest BCUT2D eigenvalue weighted by atomic mass is 10.5. The van der Waals surface area contributed by atoms with Gasteiger partial charge in [0.05, 0.1) is 0 Å². The van der Waals surface area contributed by atoms with E-state index in [4.69, 9.17) is 10.8 Å². The number of aliphatic hydroxyl groups is 1. The third kappa shape index (κ3) is 0.974. The number of hydrogen-bond acceptors (Lipinski definition) is 4. The van der Waals surface area contributed by atoms with Crippen LogP contribution in [0.2, 0.25) is 0 Å². The summed E-state index contributed by atoms with van der Waals surface area (Å²) in [5.41, 5.74) is 5.15. The van der Waals surface area contributed by atoms with Crippen molar-refractivity contribution in [1.82, 2.24) is 5.32 Å². The maximum Gasteiger partial charge on any atom is 0.195 e. The highest BCUT2D eigenvalue weighted by Gasteiger charge is 1.99. The molecule has 4 nitrogen and oxygen atoms in total. The highest BCUT2D eigenvalue weighted by atomic mass is 16.3. The quantitative estimate of drug-likeness (QED) is 0.367. The number of nitrogens with zero attached hydrogens (tertiary/aromatic N) is 1. The van der Waals surface area contributed by atoms with Crippen LogP contribution in [-0.2, 0) is 0 Å². The van der Waals surface area contributed by atoms with Crippen molar-refractivity contribution in [2.75, 3.05) is 0 Å². The number of aliphatic hydroxyl groups excluding tert-OH is 1. The molecule has 44 valence electrons. The lowest BCUT2D eigenvalue weighted by molar-refractivity contribution is 0.231. The van der Waals surface area contributed by atoms with Gasteiger partial charge in [0.15, 0.2) is 12.2 Å². The summed E-state index contributed by atoms with van der Waals surface area (Å²) in [4.78, 5) is 3.53. The number of aliphatic imine (C=N–C) groups is 1. The molecule has 0 aliphatic carbocycles. The predicted molar refractivity (Wildman–Crippen MR) is 29.9 cm³/mol. The van der Waals surface area contributed by atoms with Gasteiger partial charge in [-0.3, -0.25) is 0 Å². The minimum Gasteiger partial charge on any atom is -0.370 e. The highest BCUT2D eigenvalue weighted by molar-refractivity contribution is 5.79. The fourth-order valence-electron chi connectivity index (χ4n) is 0.442. The molecule has 1 aliphatic heterocycles. The Morgan fingerprint density at radius 1 is 1.88 bits per heavy atom. The molecule has 0 fully saturated rings. The summed E-state index contributed by atoms with van der Waals surface area (Å²) >= 11 is 0. The van der Waals surface area contributed by atoms with Crippen molar-refractivity contribution >= 4 is 5.96 Å². The summed E-state index contributed by atoms with van der Waals surface area (Å²) in [6.07, 6.45) is 2.28. The molecule has 0 aromatic carbocycles. The third-order valence-corrected chi connectivity index (χ3v) is 0.771. The largest absolute Gasteiger partial charge is 0.370 e. The monoisotopic (exact) mass is 113 g/mol. The number of rotatable bonds is 0. The van der Waals surface area contributed by atoms with Gasteiger partial charge in [0, 0.05) is 6.20 Å². The van der Waals surface area contributed by atoms with E-state index in [-0.39, 0.29) is 5.96 Å². The molecule has 0 radical (unpaired) electrons. The van der Waals surface area contributed by atoms with Crippen molar-refractivity contribution < 1.29 is 5.11 Å². The number of hydrogen-bond donors (Lipinski definition) is 3. The molecule has 8 heavy (non-hydrogen) atoms. The Balaban J connectivity index is 2.60. The topological polar surface area (TPSA) is 70.6 Å². The first-order valence-corrected chi connectivity index (χ1v) is 2.23. The minimum absolute atomic E-state index is 0.250. The van der Waals surface area contributed by atoms with Gasteiger partial charge in [-0.15, -0.1) is 0 Å². The summed E-state index contributed by atoms with van der Waals surface area (Å²) in [6, 6.07) is 0. The Kier molecular flexibility index (Phi) is 1.17. The molecule has 0 amide bonds. The molecule has 0 spiro atoms. The van der Waals surface area contributed by atoms with E-state index < -0.39 is 6.23 Å². The van der Waals surface area contributed by atoms with Crippen LogP contribution in [-0.4, -0.2) is 17.3 Å². The second kappa shape index (κ2) is 1.83. The smallest absolute Gasteiger partial charge is 0.195 e. The summed E-state index contributed by atoms with van der Waals surface area (Å²) in [7, 11) is 0. The fraction of sp³-hybridized carbons (Fsp3) is 0.250. The van der Waals surface area contributed by atoms with Crippen molar-refractivity contribution in [3.8, 4) is 0 Å². The Morgan fingerprint density at radius 3 is 3.00 bits per heavy atom. The van der Waals surface area contributed by atoms with Gasteiger partial charge >= 0.3 is 0 Å². The molecular weight excluding hydrogens is 106 g/mol. The molecule has 0 aromatic rings. The Hall–Kier alpha value is -1.03. The summed E-state index contributed by atoms with van der Waals surface area (Å²) < 4.78 is 0. The van der Waals surface area contributed by atoms with E-state index in [1.54, 1.807) is 6.20 Å². The second-order valence-corrected chi connectivity index (χ2v) is 1.43. The van der Waals surface area contributed by atoms with E-state index in [1.807, 2.05) is 0 Å². The van der Waals surface area contributed by atoms with Crippen LogP contribution >= 0.6 is 0 Å². The predicted octanol–water partition coefficient (Wildman–Crippen LogP) is -1.26. The normalized spacial score (nSPS) is 26.6. The molecule has 0 bridgehead atoms. The molecule has 1 unspecified atom stereocenters. The molecule has 0 saturated carbocycles. The average Bonchev–Trinajstić information content (AvgIpc) is 1.64. The van der Waals surface area contributed by atoms with Crippen LogP contribution in [0.4, 0.5) is 0 Å². The first-order chi connectivity index (χ1) is 3.79. The van der Waals surface area contributed by atoms with E-state index in [9.17, 15) is 0 Å². The molecule has 4 N–H and O–H groups in total. The van der Waals surface area contributed by atoms with Gasteiger partial charge < -0.3 is 16.2 Å². The lowest BCUT2D eigenvalue weighted by Gasteiger charge is -2.07. The van der Waals surface area contributed by atoms with Gasteiger partial charge in [0.25, 0.3) is 0 Å². The zero-order valence-corrected chi connectivity index (χ0v) is 4.20. The van der Waals surface area contributed by atoms with Crippen molar-refractivity contribution in [3.63, 3.8) is 0 Å². The van der Waals surface area contributed by atoms with E-state index in [2.05, 4.69) is 10.3 Å². The van der Waals surface area contributed by atoms with Crippen LogP contribution in [0, 0.1) is 0 Å². The maximum atomic E-state index is 8.69. The van der Waals surface area contributed by atoms with Gasteiger partial charge in [0.1, 0.15) is 0 Å². The molecule has 0 aromatic heterocycles. The zero-order chi connectivity index (χ0) is 5.98. The second-order valence-electron chi connectivity index (χ2n) is 1.43. The fourth-order valence-corrected chi connectivity index (χ4v) is 0.442. The van der Waals surface area contributed by atoms with Gasteiger partial charge in [-0.25, -0.2) is 4.99 Å². The van der Waals surface area contributed by atoms with Gasteiger partial charge in [0.2, 0.25) is 0 Å². The molecule has 1 atom stereocenters. The van der Waals surface area contributed by atoms with Crippen LogP contribution in [0.25, 0.3) is 0 Å². The number of nitrogens with one attached hydrogen (secondary N) is 1. The summed E-state index contributed by atoms with van der Waals surface area (Å²) in [5.74, 6) is 0.250.